The molecular formula is C21H23F3N4O3. The van der Waals surface area contributed by atoms with Gasteiger partial charge in [-0.1, -0.05) is 12.1 Å². The first kappa shape index (κ1) is 22.5. The number of halogens is 3. The van der Waals surface area contributed by atoms with Crippen molar-refractivity contribution in [3.63, 3.8) is 0 Å². The van der Waals surface area contributed by atoms with Crippen LogP contribution in [-0.4, -0.2) is 46.9 Å². The van der Waals surface area contributed by atoms with Gasteiger partial charge in [-0.3, -0.25) is 9.78 Å². The lowest BCUT2D eigenvalue weighted by atomic mass is 9.77. The minimum atomic E-state index is -5.30. The van der Waals surface area contributed by atoms with Crippen molar-refractivity contribution in [2.45, 2.75) is 31.8 Å². The Labute approximate surface area is 177 Å². The van der Waals surface area contributed by atoms with Gasteiger partial charge in [-0.05, 0) is 43.7 Å². The maximum atomic E-state index is 13.9. The standard InChI is InChI=1S/C21H23F3N4O3/c1-3-28(4-2)15-9-7-13(8-10-15)17-16(18(29)14-6-5-11-25-12-14)20(31,21(22,23)24)27-19(30)26-17/h5-12,16-17,31H,3-4H2,1-2H3,(H2,26,27,30)/t16-,17+,20+/m0/s1. The SMILES string of the molecule is CCN(CC)c1ccc([C@H]2NC(=O)N[C@](O)(C(F)(F)F)[C@@H]2C(=O)c2cccnc2)cc1. The number of amides is 2. The Morgan fingerprint density at radius 3 is 2.35 bits per heavy atom. The summed E-state index contributed by atoms with van der Waals surface area (Å²) in [6.07, 6.45) is -2.81. The summed E-state index contributed by atoms with van der Waals surface area (Å²) < 4.78 is 41.7. The summed E-state index contributed by atoms with van der Waals surface area (Å²) in [6.45, 7) is 5.40. The predicted octanol–water partition coefficient (Wildman–Crippen LogP) is 3.03. The third-order valence-corrected chi connectivity index (χ3v) is 5.42. The van der Waals surface area contributed by atoms with E-state index in [1.165, 1.54) is 23.6 Å². The molecule has 0 spiro atoms. The van der Waals surface area contributed by atoms with Crippen LogP contribution in [0.15, 0.2) is 48.8 Å². The average Bonchev–Trinajstić information content (AvgIpc) is 2.74. The number of urea groups is 1. The maximum absolute atomic E-state index is 13.9. The van der Waals surface area contributed by atoms with Gasteiger partial charge in [0.25, 0.3) is 0 Å². The molecule has 1 aliphatic heterocycles. The summed E-state index contributed by atoms with van der Waals surface area (Å²) in [5, 5.41) is 14.5. The lowest BCUT2D eigenvalue weighted by molar-refractivity contribution is -0.287. The van der Waals surface area contributed by atoms with Crippen molar-refractivity contribution in [1.82, 2.24) is 15.6 Å². The number of nitrogens with zero attached hydrogens (tertiary/aromatic N) is 2. The number of anilines is 1. The Kier molecular flexibility index (Phi) is 6.21. The quantitative estimate of drug-likeness (QED) is 0.606. The van der Waals surface area contributed by atoms with Crippen LogP contribution in [0, 0.1) is 5.92 Å². The molecule has 3 N–H and O–H groups in total. The second kappa shape index (κ2) is 8.54. The number of alkyl halides is 3. The number of carbonyl (C=O) groups excluding carboxylic acids is 2. The molecule has 0 aliphatic carbocycles. The van der Waals surface area contributed by atoms with Crippen LogP contribution in [0.25, 0.3) is 0 Å². The van der Waals surface area contributed by atoms with Crippen LogP contribution in [0.2, 0.25) is 0 Å². The summed E-state index contributed by atoms with van der Waals surface area (Å²) >= 11 is 0. The first-order valence-electron chi connectivity index (χ1n) is 9.79. The van der Waals surface area contributed by atoms with Gasteiger partial charge in [-0.15, -0.1) is 0 Å². The van der Waals surface area contributed by atoms with Crippen LogP contribution in [0.3, 0.4) is 0 Å². The van der Waals surface area contributed by atoms with Crippen LogP contribution in [0.5, 0.6) is 0 Å². The molecule has 3 rings (SSSR count). The molecule has 1 aromatic carbocycles. The fraction of sp³-hybridized carbons (Fsp3) is 0.381. The molecule has 1 saturated heterocycles. The smallest absolute Gasteiger partial charge is 0.372 e. The van der Waals surface area contributed by atoms with Crippen LogP contribution >= 0.6 is 0 Å². The number of benzene rings is 1. The van der Waals surface area contributed by atoms with Gasteiger partial charge in [-0.25, -0.2) is 4.79 Å². The lowest BCUT2D eigenvalue weighted by Crippen LogP contribution is -2.72. The van der Waals surface area contributed by atoms with Gasteiger partial charge < -0.3 is 20.6 Å². The number of nitrogens with one attached hydrogen (secondary N) is 2. The third-order valence-electron chi connectivity index (χ3n) is 5.42. The summed E-state index contributed by atoms with van der Waals surface area (Å²) in [4.78, 5) is 31.0. The Morgan fingerprint density at radius 1 is 1.19 bits per heavy atom. The first-order valence-corrected chi connectivity index (χ1v) is 9.79. The number of hydrogen-bond donors (Lipinski definition) is 3. The monoisotopic (exact) mass is 436 g/mol. The zero-order chi connectivity index (χ0) is 22.8. The van der Waals surface area contributed by atoms with Crippen LogP contribution in [0.1, 0.15) is 35.8 Å². The average molecular weight is 436 g/mol. The molecule has 0 radical (unpaired) electrons. The molecule has 2 amide bonds. The van der Waals surface area contributed by atoms with Gasteiger partial charge in [0.1, 0.15) is 5.92 Å². The summed E-state index contributed by atoms with van der Waals surface area (Å²) in [5.41, 5.74) is -2.77. The Hall–Kier alpha value is -3.14. The van der Waals surface area contributed by atoms with E-state index in [1.807, 2.05) is 18.7 Å². The van der Waals surface area contributed by atoms with Crippen LogP contribution in [-0.2, 0) is 0 Å². The van der Waals surface area contributed by atoms with Crippen molar-refractivity contribution in [3.8, 4) is 0 Å². The van der Waals surface area contributed by atoms with E-state index in [9.17, 15) is 27.9 Å². The molecule has 2 aromatic rings. The first-order chi connectivity index (χ1) is 14.6. The Balaban J connectivity index is 2.09. The Bertz CT molecular complexity index is 933. The number of Topliss-reactive ketones (excluding diaryl/α,β-unsaturated/α-hetero) is 1. The predicted molar refractivity (Wildman–Crippen MR) is 107 cm³/mol. The van der Waals surface area contributed by atoms with E-state index in [0.717, 1.165) is 25.0 Å². The zero-order valence-corrected chi connectivity index (χ0v) is 17.0. The Morgan fingerprint density at radius 2 is 1.84 bits per heavy atom. The molecule has 0 bridgehead atoms. The van der Waals surface area contributed by atoms with Gasteiger partial charge >= 0.3 is 12.2 Å². The van der Waals surface area contributed by atoms with Crippen molar-refractivity contribution in [1.29, 1.82) is 0 Å². The number of aromatic nitrogens is 1. The van der Waals surface area contributed by atoms with Crippen LogP contribution < -0.4 is 15.5 Å². The van der Waals surface area contributed by atoms with Gasteiger partial charge in [0.15, 0.2) is 5.78 Å². The van der Waals surface area contributed by atoms with Gasteiger partial charge in [0, 0.05) is 36.7 Å². The second-order valence-electron chi connectivity index (χ2n) is 7.19. The van der Waals surface area contributed by atoms with E-state index < -0.39 is 35.7 Å². The highest BCUT2D eigenvalue weighted by Crippen LogP contribution is 2.44. The molecule has 3 atom stereocenters. The summed E-state index contributed by atoms with van der Waals surface area (Å²) in [6, 6.07) is 6.57. The van der Waals surface area contributed by atoms with Crippen molar-refractivity contribution >= 4 is 17.5 Å². The normalized spacial score (nSPS) is 23.6. The van der Waals surface area contributed by atoms with E-state index in [1.54, 1.807) is 24.3 Å². The van der Waals surface area contributed by atoms with Crippen molar-refractivity contribution in [2.75, 3.05) is 18.0 Å². The van der Waals surface area contributed by atoms with Gasteiger partial charge in [0.05, 0.1) is 6.04 Å². The largest absolute Gasteiger partial charge is 0.437 e. The molecular weight excluding hydrogens is 413 g/mol. The molecule has 2 heterocycles. The molecule has 10 heteroatoms. The topological polar surface area (TPSA) is 94.6 Å². The highest BCUT2D eigenvalue weighted by molar-refractivity contribution is 6.00. The highest BCUT2D eigenvalue weighted by Gasteiger charge is 2.66. The molecule has 1 aliphatic rings. The van der Waals surface area contributed by atoms with Crippen LogP contribution in [0.4, 0.5) is 23.7 Å². The number of hydrogen-bond acceptors (Lipinski definition) is 5. The van der Waals surface area contributed by atoms with E-state index in [4.69, 9.17) is 0 Å². The maximum Gasteiger partial charge on any atom is 0.437 e. The molecule has 0 saturated carbocycles. The fourth-order valence-corrected chi connectivity index (χ4v) is 3.79. The minimum absolute atomic E-state index is 0.113. The van der Waals surface area contributed by atoms with E-state index >= 15 is 0 Å². The molecule has 0 unspecified atom stereocenters. The van der Waals surface area contributed by atoms with Crippen molar-refractivity contribution < 1.29 is 27.9 Å². The number of ketones is 1. The minimum Gasteiger partial charge on any atom is -0.372 e. The molecule has 1 aromatic heterocycles. The molecule has 31 heavy (non-hydrogen) atoms. The second-order valence-corrected chi connectivity index (χ2v) is 7.19. The lowest BCUT2D eigenvalue weighted by Gasteiger charge is -2.45. The molecule has 166 valence electrons. The highest BCUT2D eigenvalue weighted by atomic mass is 19.4. The van der Waals surface area contributed by atoms with E-state index in [0.29, 0.717) is 0 Å². The molecule has 1 fully saturated rings. The fourth-order valence-electron chi connectivity index (χ4n) is 3.79. The van der Waals surface area contributed by atoms with E-state index in [-0.39, 0.29) is 11.1 Å². The van der Waals surface area contributed by atoms with Crippen molar-refractivity contribution in [3.05, 3.63) is 59.9 Å². The molecule has 7 nitrogen and oxygen atoms in total. The number of aliphatic hydroxyl groups is 1. The summed E-state index contributed by atoms with van der Waals surface area (Å²) in [7, 11) is 0. The zero-order valence-electron chi connectivity index (χ0n) is 17.0. The number of carbonyl (C=O) groups is 2. The van der Waals surface area contributed by atoms with Gasteiger partial charge in [0.2, 0.25) is 5.72 Å². The number of pyridine rings is 1. The number of rotatable bonds is 6. The van der Waals surface area contributed by atoms with Crippen molar-refractivity contribution in [2.24, 2.45) is 5.92 Å². The van der Waals surface area contributed by atoms with Gasteiger partial charge in [-0.2, -0.15) is 13.2 Å². The summed E-state index contributed by atoms with van der Waals surface area (Å²) in [5.74, 6) is -3.08. The van der Waals surface area contributed by atoms with E-state index in [2.05, 4.69) is 10.3 Å². The third kappa shape index (κ3) is 4.20.